The minimum absolute atomic E-state index is 0.239. The number of rotatable bonds is 8. The molecule has 2 rings (SSSR count). The predicted molar refractivity (Wildman–Crippen MR) is 123 cm³/mol. The normalized spacial score (nSPS) is 13.3. The van der Waals surface area contributed by atoms with E-state index in [4.69, 9.17) is 15.3 Å². The number of primary amides is 1. The lowest BCUT2D eigenvalue weighted by molar-refractivity contribution is -0.270. The van der Waals surface area contributed by atoms with Gasteiger partial charge in [-0.05, 0) is 38.5 Å². The van der Waals surface area contributed by atoms with E-state index in [1.807, 2.05) is 18.2 Å². The van der Waals surface area contributed by atoms with Crippen LogP contribution in [0.15, 0.2) is 60.9 Å². The van der Waals surface area contributed by atoms with Gasteiger partial charge in [0.25, 0.3) is 11.6 Å². The van der Waals surface area contributed by atoms with Gasteiger partial charge in [-0.1, -0.05) is 50.2 Å². The SMILES string of the molecule is CC(C)[C@@](OS(=O)(=O)O)(C(N)=O)N(OCc1ccccc1)C(=O)OC(C)(C)C.c1ccncc1. The van der Waals surface area contributed by atoms with E-state index in [1.54, 1.807) is 63.5 Å². The van der Waals surface area contributed by atoms with Gasteiger partial charge in [0.2, 0.25) is 0 Å². The number of pyridine rings is 1. The first kappa shape index (κ1) is 29.0. The average molecular weight is 498 g/mol. The van der Waals surface area contributed by atoms with Gasteiger partial charge in [0.15, 0.2) is 0 Å². The maximum atomic E-state index is 12.7. The maximum Gasteiger partial charge on any atom is 0.437 e. The molecule has 1 atom stereocenters. The Labute approximate surface area is 199 Å². The second kappa shape index (κ2) is 12.4. The topological polar surface area (TPSA) is 158 Å². The highest BCUT2D eigenvalue weighted by atomic mass is 32.3. The molecule has 1 aromatic carbocycles. The van der Waals surface area contributed by atoms with Crippen LogP contribution in [0.2, 0.25) is 0 Å². The molecule has 34 heavy (non-hydrogen) atoms. The minimum Gasteiger partial charge on any atom is -0.442 e. The molecule has 1 aromatic heterocycles. The molecule has 0 aliphatic heterocycles. The summed E-state index contributed by atoms with van der Waals surface area (Å²) in [7, 11) is -5.21. The fourth-order valence-electron chi connectivity index (χ4n) is 2.56. The highest BCUT2D eigenvalue weighted by molar-refractivity contribution is 7.81. The Morgan fingerprint density at radius 2 is 1.59 bits per heavy atom. The Morgan fingerprint density at radius 1 is 1.06 bits per heavy atom. The van der Waals surface area contributed by atoms with Crippen molar-refractivity contribution >= 4 is 22.4 Å². The second-order valence-corrected chi connectivity index (χ2v) is 9.31. The molecule has 3 N–H and O–H groups in total. The van der Waals surface area contributed by atoms with E-state index < -0.39 is 39.6 Å². The molecular formula is C22H31N3O8S. The molecule has 1 heterocycles. The first-order chi connectivity index (χ1) is 15.7. The number of hydrogen-bond donors (Lipinski definition) is 2. The van der Waals surface area contributed by atoms with Gasteiger partial charge in [-0.2, -0.15) is 8.42 Å². The van der Waals surface area contributed by atoms with Crippen LogP contribution in [0.4, 0.5) is 4.79 Å². The number of benzene rings is 1. The van der Waals surface area contributed by atoms with Crippen LogP contribution < -0.4 is 5.73 Å². The van der Waals surface area contributed by atoms with E-state index in [2.05, 4.69) is 9.17 Å². The van der Waals surface area contributed by atoms with Gasteiger partial charge in [0.1, 0.15) is 12.2 Å². The monoisotopic (exact) mass is 497 g/mol. The van der Waals surface area contributed by atoms with Gasteiger partial charge in [-0.15, -0.1) is 5.06 Å². The molecule has 0 saturated carbocycles. The van der Waals surface area contributed by atoms with Gasteiger partial charge >= 0.3 is 16.5 Å². The molecule has 0 aliphatic rings. The fraction of sp³-hybridized carbons (Fsp3) is 0.409. The van der Waals surface area contributed by atoms with Crippen molar-refractivity contribution in [3.63, 3.8) is 0 Å². The van der Waals surface area contributed by atoms with Gasteiger partial charge in [-0.3, -0.25) is 19.2 Å². The van der Waals surface area contributed by atoms with E-state index in [1.165, 1.54) is 13.8 Å². The summed E-state index contributed by atoms with van der Waals surface area (Å²) in [4.78, 5) is 34.2. The van der Waals surface area contributed by atoms with E-state index >= 15 is 0 Å². The Kier molecular flexibility index (Phi) is 10.6. The van der Waals surface area contributed by atoms with E-state index in [0.29, 0.717) is 10.6 Å². The number of hydroxylamine groups is 2. The van der Waals surface area contributed by atoms with Crippen molar-refractivity contribution in [3.05, 3.63) is 66.5 Å². The zero-order valence-electron chi connectivity index (χ0n) is 19.7. The Balaban J connectivity index is 0.000000830. The molecule has 0 unspecified atom stereocenters. The number of nitrogens with two attached hydrogens (primary N) is 1. The summed E-state index contributed by atoms with van der Waals surface area (Å²) in [5, 5.41) is 0.312. The van der Waals surface area contributed by atoms with Crippen LogP contribution in [0.5, 0.6) is 0 Å². The lowest BCUT2D eigenvalue weighted by Crippen LogP contribution is -2.65. The summed E-state index contributed by atoms with van der Waals surface area (Å²) < 4.78 is 41.9. The number of carbonyl (C=O) groups excluding carboxylic acids is 2. The van der Waals surface area contributed by atoms with Crippen LogP contribution in [-0.4, -0.2) is 46.3 Å². The number of nitrogens with zero attached hydrogens (tertiary/aromatic N) is 2. The van der Waals surface area contributed by atoms with Gasteiger partial charge in [0.05, 0.1) is 0 Å². The summed E-state index contributed by atoms with van der Waals surface area (Å²) in [6.45, 7) is 7.16. The summed E-state index contributed by atoms with van der Waals surface area (Å²) >= 11 is 0. The van der Waals surface area contributed by atoms with E-state index in [9.17, 15) is 22.6 Å². The molecule has 0 radical (unpaired) electrons. The number of ether oxygens (including phenoxy) is 1. The standard InChI is InChI=1S/C17H26N2O8S.C5H5N/c1-12(2)17(14(18)20,27-28(22,23)24)19(15(21)26-16(3,4)5)25-11-13-9-7-6-8-10-13;1-2-4-6-5-3-1/h6-10,12H,11H2,1-5H3,(H2,18,20)(H,22,23,24);1-5H/t17-;/m1./s1. The van der Waals surface area contributed by atoms with Crippen molar-refractivity contribution in [1.82, 2.24) is 10.0 Å². The van der Waals surface area contributed by atoms with Gasteiger partial charge < -0.3 is 10.5 Å². The van der Waals surface area contributed by atoms with Crippen LogP contribution in [-0.2, 0) is 35.6 Å². The Bertz CT molecular complexity index is 985. The molecule has 2 amide bonds. The van der Waals surface area contributed by atoms with Crippen molar-refractivity contribution in [3.8, 4) is 0 Å². The highest BCUT2D eigenvalue weighted by Crippen LogP contribution is 2.31. The molecule has 12 heteroatoms. The van der Waals surface area contributed by atoms with E-state index in [-0.39, 0.29) is 6.61 Å². The summed E-state index contributed by atoms with van der Waals surface area (Å²) in [6.07, 6.45) is 2.28. The maximum absolute atomic E-state index is 12.7. The van der Waals surface area contributed by atoms with Crippen LogP contribution in [0.1, 0.15) is 40.2 Å². The van der Waals surface area contributed by atoms with Crippen LogP contribution in [0, 0.1) is 5.92 Å². The molecule has 2 aromatic rings. The molecule has 11 nitrogen and oxygen atoms in total. The number of hydrogen-bond acceptors (Lipinski definition) is 8. The van der Waals surface area contributed by atoms with Crippen molar-refractivity contribution < 1.29 is 36.3 Å². The quantitative estimate of drug-likeness (QED) is 0.317. The zero-order valence-corrected chi connectivity index (χ0v) is 20.6. The van der Waals surface area contributed by atoms with E-state index in [0.717, 1.165) is 0 Å². The minimum atomic E-state index is -5.21. The van der Waals surface area contributed by atoms with Gasteiger partial charge in [0, 0.05) is 18.3 Å². The Hall–Kier alpha value is -3.06. The molecule has 0 bridgehead atoms. The first-order valence-corrected chi connectivity index (χ1v) is 11.6. The molecule has 0 fully saturated rings. The third kappa shape index (κ3) is 9.43. The third-order valence-electron chi connectivity index (χ3n) is 4.00. The number of amides is 2. The van der Waals surface area contributed by atoms with Crippen molar-refractivity contribution in [2.75, 3.05) is 0 Å². The molecule has 0 aliphatic carbocycles. The zero-order chi connectivity index (χ0) is 26.0. The van der Waals surface area contributed by atoms with Crippen LogP contribution >= 0.6 is 0 Å². The first-order valence-electron chi connectivity index (χ1n) is 10.2. The largest absolute Gasteiger partial charge is 0.442 e. The smallest absolute Gasteiger partial charge is 0.437 e. The fourth-order valence-corrected chi connectivity index (χ4v) is 3.23. The van der Waals surface area contributed by atoms with Crippen molar-refractivity contribution in [2.45, 2.75) is 52.6 Å². The summed E-state index contributed by atoms with van der Waals surface area (Å²) in [5.41, 5.74) is 2.28. The van der Waals surface area contributed by atoms with Crippen molar-refractivity contribution in [1.29, 1.82) is 0 Å². The molecule has 0 saturated heterocycles. The highest BCUT2D eigenvalue weighted by Gasteiger charge is 2.55. The lowest BCUT2D eigenvalue weighted by Gasteiger charge is -2.40. The molecule has 0 spiro atoms. The number of aromatic nitrogens is 1. The van der Waals surface area contributed by atoms with Gasteiger partial charge in [-0.25, -0.2) is 8.98 Å². The summed E-state index contributed by atoms with van der Waals surface area (Å²) in [6, 6.07) is 14.3. The van der Waals surface area contributed by atoms with Crippen LogP contribution in [0.25, 0.3) is 0 Å². The Morgan fingerprint density at radius 3 is 1.94 bits per heavy atom. The third-order valence-corrected chi connectivity index (χ3v) is 4.46. The molecular weight excluding hydrogens is 466 g/mol. The molecule has 188 valence electrons. The summed E-state index contributed by atoms with van der Waals surface area (Å²) in [5.74, 6) is -2.42. The van der Waals surface area contributed by atoms with Crippen LogP contribution in [0.3, 0.4) is 0 Å². The predicted octanol–water partition coefficient (Wildman–Crippen LogP) is 3.09. The van der Waals surface area contributed by atoms with Crippen molar-refractivity contribution in [2.24, 2.45) is 11.7 Å². The lowest BCUT2D eigenvalue weighted by atomic mass is 9.99. The second-order valence-electron chi connectivity index (χ2n) is 8.28. The average Bonchev–Trinajstić information content (AvgIpc) is 2.73. The number of carbonyl (C=O) groups is 2.